The largest absolute Gasteiger partial charge is 0.416 e. The smallest absolute Gasteiger partial charge is 0.326 e. The van der Waals surface area contributed by atoms with Crippen LogP contribution in [0.2, 0.25) is 0 Å². The van der Waals surface area contributed by atoms with E-state index in [0.717, 1.165) is 41.4 Å². The Kier molecular flexibility index (Phi) is 7.18. The van der Waals surface area contributed by atoms with Gasteiger partial charge in [-0.05, 0) is 65.0 Å². The monoisotopic (exact) mass is 517 g/mol. The predicted octanol–water partition coefficient (Wildman–Crippen LogP) is 4.24. The Bertz CT molecular complexity index is 864. The minimum absolute atomic E-state index is 0.112. The van der Waals surface area contributed by atoms with Crippen molar-refractivity contribution in [2.45, 2.75) is 19.1 Å². The predicted molar refractivity (Wildman–Crippen MR) is 116 cm³/mol. The summed E-state index contributed by atoms with van der Waals surface area (Å²) < 4.78 is 41.9. The number of rotatable bonds is 5. The molecule has 1 saturated heterocycles. The fraction of sp³-hybridized carbons (Fsp3) is 0.381. The zero-order valence-corrected chi connectivity index (χ0v) is 18.3. The maximum atomic E-state index is 13.6. The van der Waals surface area contributed by atoms with Gasteiger partial charge in [0.05, 0.1) is 12.0 Å². The van der Waals surface area contributed by atoms with Crippen LogP contribution in [0.1, 0.15) is 16.7 Å². The van der Waals surface area contributed by atoms with Gasteiger partial charge < -0.3 is 10.2 Å². The van der Waals surface area contributed by atoms with Crippen molar-refractivity contribution in [1.29, 1.82) is 0 Å². The summed E-state index contributed by atoms with van der Waals surface area (Å²) in [5.41, 5.74) is 0.522. The van der Waals surface area contributed by atoms with Gasteiger partial charge in [-0.1, -0.05) is 18.2 Å². The van der Waals surface area contributed by atoms with E-state index in [9.17, 15) is 18.0 Å². The first-order valence-electron chi connectivity index (χ1n) is 9.36. The Morgan fingerprint density at radius 3 is 2.48 bits per heavy atom. The van der Waals surface area contributed by atoms with Crippen LogP contribution in [0.25, 0.3) is 0 Å². The van der Waals surface area contributed by atoms with Crippen LogP contribution in [0.15, 0.2) is 42.5 Å². The fourth-order valence-corrected chi connectivity index (χ4v) is 3.95. The first-order chi connectivity index (χ1) is 13.7. The van der Waals surface area contributed by atoms with E-state index in [1.54, 1.807) is 6.07 Å². The third-order valence-electron chi connectivity index (χ3n) is 4.94. The Morgan fingerprint density at radius 1 is 1.10 bits per heavy atom. The Morgan fingerprint density at radius 2 is 1.83 bits per heavy atom. The highest BCUT2D eigenvalue weighted by Crippen LogP contribution is 2.34. The van der Waals surface area contributed by atoms with E-state index in [0.29, 0.717) is 0 Å². The third-order valence-corrected chi connectivity index (χ3v) is 5.61. The first kappa shape index (κ1) is 22.0. The summed E-state index contributed by atoms with van der Waals surface area (Å²) in [6.07, 6.45) is -4.36. The molecule has 8 heteroatoms. The summed E-state index contributed by atoms with van der Waals surface area (Å²) >= 11 is 2.15. The van der Waals surface area contributed by atoms with Crippen molar-refractivity contribution in [2.24, 2.45) is 0 Å². The molecule has 2 aromatic rings. The maximum absolute atomic E-state index is 13.6. The number of halogens is 4. The molecule has 0 saturated carbocycles. The summed E-state index contributed by atoms with van der Waals surface area (Å²) in [5.74, 6) is -0.341. The third kappa shape index (κ3) is 6.42. The first-order valence-corrected chi connectivity index (χ1v) is 10.4. The lowest BCUT2D eigenvalue weighted by Crippen LogP contribution is -2.44. The molecule has 0 aromatic heterocycles. The van der Waals surface area contributed by atoms with E-state index in [4.69, 9.17) is 0 Å². The van der Waals surface area contributed by atoms with Gasteiger partial charge in [-0.25, -0.2) is 0 Å². The van der Waals surface area contributed by atoms with Gasteiger partial charge in [-0.2, -0.15) is 13.2 Å². The molecule has 0 aliphatic carbocycles. The molecular weight excluding hydrogens is 494 g/mol. The van der Waals surface area contributed by atoms with Gasteiger partial charge in [0, 0.05) is 42.0 Å². The van der Waals surface area contributed by atoms with E-state index in [-0.39, 0.29) is 30.1 Å². The summed E-state index contributed by atoms with van der Waals surface area (Å²) in [5, 5.41) is 2.60. The molecular formula is C21H23F3IN3O. The fourth-order valence-electron chi connectivity index (χ4n) is 3.34. The van der Waals surface area contributed by atoms with Gasteiger partial charge in [-0.3, -0.25) is 9.69 Å². The number of carbonyl (C=O) groups is 1. The highest BCUT2D eigenvalue weighted by Gasteiger charge is 2.34. The molecule has 1 aliphatic heterocycles. The van der Waals surface area contributed by atoms with Gasteiger partial charge in [0.25, 0.3) is 0 Å². The number of anilines is 1. The van der Waals surface area contributed by atoms with Crippen molar-refractivity contribution in [1.82, 2.24) is 9.80 Å². The van der Waals surface area contributed by atoms with E-state index < -0.39 is 11.7 Å². The van der Waals surface area contributed by atoms with Crippen molar-refractivity contribution >= 4 is 34.2 Å². The van der Waals surface area contributed by atoms with Crippen LogP contribution >= 0.6 is 22.6 Å². The zero-order chi connectivity index (χ0) is 21.0. The number of nitrogens with zero attached hydrogens (tertiary/aromatic N) is 2. The average molecular weight is 517 g/mol. The molecule has 2 aromatic carbocycles. The van der Waals surface area contributed by atoms with Crippen LogP contribution in [0, 0.1) is 3.57 Å². The lowest BCUT2D eigenvalue weighted by molar-refractivity contribution is -0.138. The Hall–Kier alpha value is -1.65. The second-order valence-corrected chi connectivity index (χ2v) is 8.55. The van der Waals surface area contributed by atoms with Gasteiger partial charge in [-0.15, -0.1) is 0 Å². The van der Waals surface area contributed by atoms with E-state index in [1.807, 2.05) is 36.2 Å². The molecule has 0 unspecified atom stereocenters. The maximum Gasteiger partial charge on any atom is 0.416 e. The highest BCUT2D eigenvalue weighted by atomic mass is 127. The molecule has 1 N–H and O–H groups in total. The van der Waals surface area contributed by atoms with Gasteiger partial charge in [0.15, 0.2) is 0 Å². The molecule has 4 nitrogen and oxygen atoms in total. The van der Waals surface area contributed by atoms with Crippen LogP contribution in [0.3, 0.4) is 0 Å². The lowest BCUT2D eigenvalue weighted by atomic mass is 10.0. The number of hydrogen-bond acceptors (Lipinski definition) is 3. The number of benzene rings is 2. The summed E-state index contributed by atoms with van der Waals surface area (Å²) in [6, 6.07) is 11.5. The molecule has 0 radical (unpaired) electrons. The van der Waals surface area contributed by atoms with Gasteiger partial charge in [0.2, 0.25) is 5.91 Å². The van der Waals surface area contributed by atoms with Crippen LogP contribution in [0.5, 0.6) is 0 Å². The number of alkyl halides is 3. The van der Waals surface area contributed by atoms with Crippen molar-refractivity contribution in [2.75, 3.05) is 38.5 Å². The minimum Gasteiger partial charge on any atom is -0.326 e. The zero-order valence-electron chi connectivity index (χ0n) is 16.1. The Balaban J connectivity index is 1.72. The number of carbonyl (C=O) groups excluding carboxylic acids is 1. The average Bonchev–Trinajstić information content (AvgIpc) is 2.64. The summed E-state index contributed by atoms with van der Waals surface area (Å²) in [4.78, 5) is 16.5. The molecule has 29 heavy (non-hydrogen) atoms. The van der Waals surface area contributed by atoms with E-state index >= 15 is 0 Å². The molecule has 1 heterocycles. The van der Waals surface area contributed by atoms with Crippen molar-refractivity contribution in [3.05, 3.63) is 62.7 Å². The van der Waals surface area contributed by atoms with Crippen LogP contribution in [0.4, 0.5) is 18.9 Å². The Labute approximate surface area is 182 Å². The van der Waals surface area contributed by atoms with E-state index in [1.165, 1.54) is 6.07 Å². The van der Waals surface area contributed by atoms with Crippen LogP contribution in [-0.2, 0) is 23.9 Å². The van der Waals surface area contributed by atoms with Gasteiger partial charge in [0.1, 0.15) is 0 Å². The van der Waals surface area contributed by atoms with Crippen molar-refractivity contribution in [3.63, 3.8) is 0 Å². The lowest BCUT2D eigenvalue weighted by Gasteiger charge is -2.33. The standard InChI is InChI=1S/C21H23F3IN3O/c1-27-7-9-28(10-8-27)14-16-5-6-18(13-19(16)21(22,23)24)26-20(29)12-15-3-2-4-17(25)11-15/h2-6,11,13H,7-10,12,14H2,1H3,(H,26,29). The molecule has 156 valence electrons. The highest BCUT2D eigenvalue weighted by molar-refractivity contribution is 14.1. The number of piperazine rings is 1. The van der Waals surface area contributed by atoms with Crippen LogP contribution in [-0.4, -0.2) is 48.9 Å². The second kappa shape index (κ2) is 9.44. The minimum atomic E-state index is -4.47. The van der Waals surface area contributed by atoms with Crippen molar-refractivity contribution < 1.29 is 18.0 Å². The number of nitrogens with one attached hydrogen (secondary N) is 1. The van der Waals surface area contributed by atoms with Gasteiger partial charge >= 0.3 is 6.18 Å². The normalized spacial score (nSPS) is 16.0. The van der Waals surface area contributed by atoms with E-state index in [2.05, 4.69) is 32.8 Å². The summed E-state index contributed by atoms with van der Waals surface area (Å²) in [7, 11) is 2.01. The summed E-state index contributed by atoms with van der Waals surface area (Å²) in [6.45, 7) is 3.41. The topological polar surface area (TPSA) is 35.6 Å². The molecule has 1 amide bonds. The molecule has 0 atom stereocenters. The molecule has 3 rings (SSSR count). The second-order valence-electron chi connectivity index (χ2n) is 7.30. The number of hydrogen-bond donors (Lipinski definition) is 1. The SMILES string of the molecule is CN1CCN(Cc2ccc(NC(=O)Cc3cccc(I)c3)cc2C(F)(F)F)CC1. The quantitative estimate of drug-likeness (QED) is 0.604. The molecule has 1 aliphatic rings. The number of amides is 1. The molecule has 0 bridgehead atoms. The molecule has 1 fully saturated rings. The number of likely N-dealkylation sites (N-methyl/N-ethyl adjacent to an activating group) is 1. The van der Waals surface area contributed by atoms with Crippen molar-refractivity contribution in [3.8, 4) is 0 Å². The van der Waals surface area contributed by atoms with Crippen LogP contribution < -0.4 is 5.32 Å². The molecule has 0 spiro atoms.